The summed E-state index contributed by atoms with van der Waals surface area (Å²) in [5.74, 6) is 5.74. The standard InChI is InChI=1S/C24H25N5O2/c1-28(2)15-18-14-26-22(25)21-19(18)7-8-20(27-21)17-6-4-5-16(13-17)9-10-24(31)11-12-29(3)23(24)30/h4-8,13-14,31H,11-12,15H2,1-3H3,(H2,25,26). The van der Waals surface area contributed by atoms with Crippen LogP contribution >= 0.6 is 0 Å². The van der Waals surface area contributed by atoms with Crippen LogP contribution in [0.2, 0.25) is 0 Å². The zero-order valence-electron chi connectivity index (χ0n) is 17.9. The number of anilines is 1. The predicted molar refractivity (Wildman–Crippen MR) is 121 cm³/mol. The first kappa shape index (κ1) is 20.8. The zero-order chi connectivity index (χ0) is 22.2. The normalized spacial score (nSPS) is 18.5. The molecular weight excluding hydrogens is 390 g/mol. The van der Waals surface area contributed by atoms with E-state index in [4.69, 9.17) is 10.7 Å². The maximum atomic E-state index is 12.1. The number of amides is 1. The molecule has 0 saturated carbocycles. The summed E-state index contributed by atoms with van der Waals surface area (Å²) in [6.07, 6.45) is 2.10. The molecule has 3 aromatic rings. The van der Waals surface area contributed by atoms with Gasteiger partial charge in [-0.25, -0.2) is 9.97 Å². The molecule has 1 saturated heterocycles. The molecule has 0 aliphatic carbocycles. The van der Waals surface area contributed by atoms with Crippen LogP contribution in [0.25, 0.3) is 22.2 Å². The first-order valence-electron chi connectivity index (χ1n) is 10.1. The second kappa shape index (κ2) is 7.99. The lowest BCUT2D eigenvalue weighted by atomic mass is 10.0. The van der Waals surface area contributed by atoms with Gasteiger partial charge in [-0.2, -0.15) is 0 Å². The Hall–Kier alpha value is -3.47. The minimum Gasteiger partial charge on any atom is -0.382 e. The molecule has 0 bridgehead atoms. The molecule has 3 N–H and O–H groups in total. The van der Waals surface area contributed by atoms with Crippen molar-refractivity contribution in [2.75, 3.05) is 33.4 Å². The Bertz CT molecular complexity index is 1230. The molecule has 31 heavy (non-hydrogen) atoms. The maximum absolute atomic E-state index is 12.1. The number of nitrogens with two attached hydrogens (primary N) is 1. The fourth-order valence-electron chi connectivity index (χ4n) is 3.72. The molecule has 1 fully saturated rings. The molecule has 7 nitrogen and oxygen atoms in total. The Balaban J connectivity index is 1.69. The van der Waals surface area contributed by atoms with Crippen LogP contribution in [0.4, 0.5) is 5.82 Å². The van der Waals surface area contributed by atoms with Crippen molar-refractivity contribution in [1.29, 1.82) is 0 Å². The Kier molecular flexibility index (Phi) is 5.36. The Morgan fingerprint density at radius 2 is 2.10 bits per heavy atom. The third kappa shape index (κ3) is 4.08. The molecule has 0 spiro atoms. The number of hydrogen-bond acceptors (Lipinski definition) is 6. The smallest absolute Gasteiger partial charge is 0.267 e. The number of rotatable bonds is 3. The summed E-state index contributed by atoms with van der Waals surface area (Å²) in [5, 5.41) is 11.5. The minimum atomic E-state index is -1.62. The number of hydrogen-bond donors (Lipinski definition) is 2. The lowest BCUT2D eigenvalue weighted by Crippen LogP contribution is -2.37. The first-order chi connectivity index (χ1) is 14.8. The summed E-state index contributed by atoms with van der Waals surface area (Å²) in [5.41, 5.74) is 8.55. The van der Waals surface area contributed by atoms with Gasteiger partial charge in [0.15, 0.2) is 0 Å². The van der Waals surface area contributed by atoms with Crippen LogP contribution in [0.3, 0.4) is 0 Å². The van der Waals surface area contributed by atoms with Gasteiger partial charge in [0.1, 0.15) is 11.3 Å². The molecule has 158 valence electrons. The van der Waals surface area contributed by atoms with Gasteiger partial charge in [0.2, 0.25) is 5.60 Å². The van der Waals surface area contributed by atoms with Crippen LogP contribution in [-0.4, -0.2) is 64.1 Å². The topological polar surface area (TPSA) is 95.6 Å². The first-order valence-corrected chi connectivity index (χ1v) is 10.1. The predicted octanol–water partition coefficient (Wildman–Crippen LogP) is 1.89. The van der Waals surface area contributed by atoms with Crippen molar-refractivity contribution in [2.45, 2.75) is 18.6 Å². The Morgan fingerprint density at radius 1 is 1.29 bits per heavy atom. The fourth-order valence-corrected chi connectivity index (χ4v) is 3.72. The quantitative estimate of drug-likeness (QED) is 0.635. The van der Waals surface area contributed by atoms with Gasteiger partial charge in [-0.05, 0) is 37.9 Å². The van der Waals surface area contributed by atoms with Crippen LogP contribution in [0.5, 0.6) is 0 Å². The van der Waals surface area contributed by atoms with Crippen molar-refractivity contribution < 1.29 is 9.90 Å². The molecule has 3 heterocycles. The summed E-state index contributed by atoms with van der Waals surface area (Å²) in [6.45, 7) is 1.24. The molecule has 1 aliphatic heterocycles. The number of aromatic nitrogens is 2. The van der Waals surface area contributed by atoms with Crippen molar-refractivity contribution in [1.82, 2.24) is 19.8 Å². The van der Waals surface area contributed by atoms with Crippen molar-refractivity contribution in [3.8, 4) is 23.1 Å². The van der Waals surface area contributed by atoms with Crippen molar-refractivity contribution >= 4 is 22.6 Å². The Morgan fingerprint density at radius 3 is 2.81 bits per heavy atom. The van der Waals surface area contributed by atoms with Gasteiger partial charge in [0, 0.05) is 49.3 Å². The number of carbonyl (C=O) groups is 1. The van der Waals surface area contributed by atoms with E-state index in [1.165, 1.54) is 4.90 Å². The van der Waals surface area contributed by atoms with E-state index < -0.39 is 5.60 Å². The third-order valence-corrected chi connectivity index (χ3v) is 5.41. The molecule has 0 radical (unpaired) electrons. The van der Waals surface area contributed by atoms with E-state index in [-0.39, 0.29) is 5.91 Å². The van der Waals surface area contributed by atoms with E-state index >= 15 is 0 Å². The van der Waals surface area contributed by atoms with Crippen LogP contribution < -0.4 is 5.73 Å². The molecule has 2 aromatic heterocycles. The summed E-state index contributed by atoms with van der Waals surface area (Å²) >= 11 is 0. The highest BCUT2D eigenvalue weighted by Crippen LogP contribution is 2.27. The summed E-state index contributed by atoms with van der Waals surface area (Å²) in [6, 6.07) is 11.5. The van der Waals surface area contributed by atoms with Gasteiger partial charge in [-0.15, -0.1) is 0 Å². The molecule has 1 aromatic carbocycles. The monoisotopic (exact) mass is 415 g/mol. The summed E-state index contributed by atoms with van der Waals surface area (Å²) < 4.78 is 0. The second-order valence-corrected chi connectivity index (χ2v) is 8.17. The van der Waals surface area contributed by atoms with Crippen molar-refractivity contribution in [3.63, 3.8) is 0 Å². The fraction of sp³-hybridized carbons (Fsp3) is 0.292. The number of likely N-dealkylation sites (N-methyl/N-ethyl adjacent to an activating group) is 1. The van der Waals surface area contributed by atoms with E-state index in [2.05, 4.69) is 21.7 Å². The largest absolute Gasteiger partial charge is 0.382 e. The van der Waals surface area contributed by atoms with E-state index in [0.717, 1.165) is 28.8 Å². The zero-order valence-corrected chi connectivity index (χ0v) is 17.9. The number of aliphatic hydroxyl groups is 1. The lowest BCUT2D eigenvalue weighted by molar-refractivity contribution is -0.137. The number of benzene rings is 1. The number of carbonyl (C=O) groups excluding carboxylic acids is 1. The molecule has 4 rings (SSSR count). The highest BCUT2D eigenvalue weighted by Gasteiger charge is 2.42. The van der Waals surface area contributed by atoms with Crippen LogP contribution in [0.15, 0.2) is 42.6 Å². The van der Waals surface area contributed by atoms with Crippen molar-refractivity contribution in [3.05, 3.63) is 53.7 Å². The average Bonchev–Trinajstić information content (AvgIpc) is 3.02. The van der Waals surface area contributed by atoms with Gasteiger partial charge in [-0.1, -0.05) is 30.0 Å². The van der Waals surface area contributed by atoms with Gasteiger partial charge in [0.25, 0.3) is 5.91 Å². The number of nitrogen functional groups attached to an aromatic ring is 1. The average molecular weight is 415 g/mol. The number of likely N-dealkylation sites (tertiary alicyclic amines) is 1. The highest BCUT2D eigenvalue weighted by atomic mass is 16.3. The van der Waals surface area contributed by atoms with Crippen molar-refractivity contribution in [2.24, 2.45) is 0 Å². The summed E-state index contributed by atoms with van der Waals surface area (Å²) in [4.78, 5) is 24.8. The number of pyridine rings is 2. The van der Waals surface area contributed by atoms with Gasteiger partial charge in [-0.3, -0.25) is 4.79 Å². The molecule has 1 unspecified atom stereocenters. The number of nitrogens with zero attached hydrogens (tertiary/aromatic N) is 4. The number of fused-ring (bicyclic) bond motifs is 1. The minimum absolute atomic E-state index is 0.308. The molecular formula is C24H25N5O2. The van der Waals surface area contributed by atoms with Crippen LogP contribution in [-0.2, 0) is 11.3 Å². The van der Waals surface area contributed by atoms with Crippen LogP contribution in [0.1, 0.15) is 17.5 Å². The third-order valence-electron chi connectivity index (χ3n) is 5.41. The molecule has 1 amide bonds. The van der Waals surface area contributed by atoms with Gasteiger partial charge < -0.3 is 20.6 Å². The van der Waals surface area contributed by atoms with E-state index in [9.17, 15) is 9.90 Å². The van der Waals surface area contributed by atoms with Crippen LogP contribution in [0, 0.1) is 11.8 Å². The van der Waals surface area contributed by atoms with Gasteiger partial charge >= 0.3 is 0 Å². The van der Waals surface area contributed by atoms with Gasteiger partial charge in [0.05, 0.1) is 5.69 Å². The summed E-state index contributed by atoms with van der Waals surface area (Å²) in [7, 11) is 5.67. The SMILES string of the molecule is CN(C)Cc1cnc(N)c2nc(-c3cccc(C#CC4(O)CCN(C)C4=O)c3)ccc12. The maximum Gasteiger partial charge on any atom is 0.267 e. The molecule has 1 aliphatic rings. The van der Waals surface area contributed by atoms with E-state index in [1.807, 2.05) is 50.5 Å². The lowest BCUT2D eigenvalue weighted by Gasteiger charge is -2.13. The van der Waals surface area contributed by atoms with E-state index in [0.29, 0.717) is 29.9 Å². The van der Waals surface area contributed by atoms with E-state index in [1.54, 1.807) is 13.2 Å². The molecule has 7 heteroatoms. The second-order valence-electron chi connectivity index (χ2n) is 8.17. The highest BCUT2D eigenvalue weighted by molar-refractivity contribution is 5.92. The molecule has 1 atom stereocenters. The Labute approximate surface area is 181 Å².